The van der Waals surface area contributed by atoms with E-state index < -0.39 is 23.6 Å². The van der Waals surface area contributed by atoms with Crippen LogP contribution in [-0.4, -0.2) is 18.6 Å². The largest absolute Gasteiger partial charge is 0.465 e. The monoisotopic (exact) mass is 271 g/mol. The zero-order valence-electron chi connectivity index (χ0n) is 11.4. The van der Waals surface area contributed by atoms with Crippen LogP contribution in [0.3, 0.4) is 0 Å². The quantitative estimate of drug-likeness (QED) is 0.808. The fourth-order valence-corrected chi connectivity index (χ4v) is 1.67. The number of ether oxygens (including phenoxy) is 1. The van der Waals surface area contributed by atoms with Crippen LogP contribution in [0.1, 0.15) is 38.8 Å². The molecule has 0 radical (unpaired) electrons. The number of hydrogen-bond acceptors (Lipinski definition) is 3. The highest BCUT2D eigenvalue weighted by molar-refractivity contribution is 5.77. The Morgan fingerprint density at radius 3 is 2.32 bits per heavy atom. The highest BCUT2D eigenvalue weighted by Gasteiger charge is 2.24. The molecule has 19 heavy (non-hydrogen) atoms. The number of hydrogen-bond donors (Lipinski definition) is 1. The van der Waals surface area contributed by atoms with Crippen molar-refractivity contribution in [2.45, 2.75) is 39.3 Å². The lowest BCUT2D eigenvalue weighted by atomic mass is 10.0. The van der Waals surface area contributed by atoms with Crippen LogP contribution in [0.15, 0.2) is 18.2 Å². The van der Waals surface area contributed by atoms with E-state index in [1.165, 1.54) is 0 Å². The first-order valence-electron chi connectivity index (χ1n) is 6.36. The van der Waals surface area contributed by atoms with Crippen LogP contribution in [0.25, 0.3) is 0 Å². The van der Waals surface area contributed by atoms with Gasteiger partial charge in [-0.25, -0.2) is 13.6 Å². The molecular formula is C14H19F2NO2. The minimum absolute atomic E-state index is 0.0285. The molecule has 106 valence electrons. The molecule has 0 fully saturated rings. The third kappa shape index (κ3) is 4.59. The summed E-state index contributed by atoms with van der Waals surface area (Å²) in [5.74, 6) is -1.96. The lowest BCUT2D eigenvalue weighted by molar-refractivity contribution is -0.146. The van der Waals surface area contributed by atoms with E-state index in [9.17, 15) is 13.6 Å². The third-order valence-electron chi connectivity index (χ3n) is 2.80. The molecule has 1 rings (SSSR count). The smallest absolute Gasteiger partial charge is 0.327 e. The zero-order chi connectivity index (χ0) is 14.4. The van der Waals surface area contributed by atoms with Crippen molar-refractivity contribution in [3.8, 4) is 0 Å². The summed E-state index contributed by atoms with van der Waals surface area (Å²) in [5, 5.41) is 3.01. The van der Waals surface area contributed by atoms with Gasteiger partial charge in [0.05, 0.1) is 6.61 Å². The second kappa shape index (κ2) is 7.19. The van der Waals surface area contributed by atoms with Crippen molar-refractivity contribution in [2.24, 2.45) is 0 Å². The first-order chi connectivity index (χ1) is 8.97. The van der Waals surface area contributed by atoms with Gasteiger partial charge in [0, 0.05) is 12.1 Å². The molecular weight excluding hydrogens is 252 g/mol. The van der Waals surface area contributed by atoms with Gasteiger partial charge >= 0.3 is 5.97 Å². The average molecular weight is 271 g/mol. The predicted octanol–water partition coefficient (Wildman–Crippen LogP) is 2.96. The van der Waals surface area contributed by atoms with Gasteiger partial charge in [0.1, 0.15) is 17.7 Å². The summed E-state index contributed by atoms with van der Waals surface area (Å²) in [6.45, 7) is 5.74. The fraction of sp³-hybridized carbons (Fsp3) is 0.500. The molecule has 1 aromatic carbocycles. The van der Waals surface area contributed by atoms with Crippen LogP contribution in [0.2, 0.25) is 0 Å². The zero-order valence-corrected chi connectivity index (χ0v) is 11.4. The molecule has 0 spiro atoms. The van der Waals surface area contributed by atoms with Crippen molar-refractivity contribution < 1.29 is 18.3 Å². The van der Waals surface area contributed by atoms with Crippen LogP contribution in [0.5, 0.6) is 0 Å². The summed E-state index contributed by atoms with van der Waals surface area (Å²) >= 11 is 0. The van der Waals surface area contributed by atoms with E-state index in [1.807, 2.05) is 13.8 Å². The van der Waals surface area contributed by atoms with E-state index in [4.69, 9.17) is 4.74 Å². The van der Waals surface area contributed by atoms with E-state index in [0.717, 1.165) is 24.6 Å². The van der Waals surface area contributed by atoms with Crippen molar-refractivity contribution in [3.63, 3.8) is 0 Å². The summed E-state index contributed by atoms with van der Waals surface area (Å²) in [4.78, 5) is 11.9. The lowest BCUT2D eigenvalue weighted by Gasteiger charge is -2.21. The second-order valence-electron chi connectivity index (χ2n) is 4.36. The maximum atomic E-state index is 13.2. The van der Waals surface area contributed by atoms with Crippen LogP contribution in [0, 0.1) is 11.6 Å². The first-order valence-corrected chi connectivity index (χ1v) is 6.36. The number of carbonyl (C=O) groups excluding carboxylic acids is 1. The fourth-order valence-electron chi connectivity index (χ4n) is 1.67. The van der Waals surface area contributed by atoms with Crippen LogP contribution in [-0.2, 0) is 9.53 Å². The summed E-state index contributed by atoms with van der Waals surface area (Å²) in [7, 11) is 0. The number of esters is 1. The van der Waals surface area contributed by atoms with Crippen molar-refractivity contribution in [2.75, 3.05) is 6.61 Å². The Morgan fingerprint density at radius 2 is 1.84 bits per heavy atom. The molecule has 0 amide bonds. The highest BCUT2D eigenvalue weighted by Crippen LogP contribution is 2.19. The molecule has 2 atom stereocenters. The number of carbonyl (C=O) groups is 1. The van der Waals surface area contributed by atoms with E-state index in [2.05, 4.69) is 5.32 Å². The summed E-state index contributed by atoms with van der Waals surface area (Å²) < 4.78 is 31.4. The van der Waals surface area contributed by atoms with Gasteiger partial charge < -0.3 is 4.74 Å². The lowest BCUT2D eigenvalue weighted by Crippen LogP contribution is -2.36. The molecule has 3 nitrogen and oxygen atoms in total. The number of nitrogens with one attached hydrogen (secondary N) is 1. The van der Waals surface area contributed by atoms with E-state index in [-0.39, 0.29) is 18.2 Å². The molecule has 0 saturated carbocycles. The molecule has 1 N–H and O–H groups in total. The topological polar surface area (TPSA) is 38.3 Å². The maximum Gasteiger partial charge on any atom is 0.327 e. The van der Waals surface area contributed by atoms with Crippen molar-refractivity contribution >= 4 is 5.97 Å². The number of rotatable bonds is 6. The van der Waals surface area contributed by atoms with E-state index >= 15 is 0 Å². The molecule has 0 aliphatic heterocycles. The second-order valence-corrected chi connectivity index (χ2v) is 4.36. The maximum absolute atomic E-state index is 13.2. The van der Waals surface area contributed by atoms with Gasteiger partial charge in [0.25, 0.3) is 0 Å². The van der Waals surface area contributed by atoms with Gasteiger partial charge in [-0.05, 0) is 38.0 Å². The third-order valence-corrected chi connectivity index (χ3v) is 2.80. The molecule has 1 aromatic rings. The first kappa shape index (κ1) is 15.6. The molecule has 0 heterocycles. The number of halogens is 2. The Kier molecular flexibility index (Phi) is 5.89. The Bertz CT molecular complexity index is 417. The van der Waals surface area contributed by atoms with Gasteiger partial charge in [-0.1, -0.05) is 6.92 Å². The van der Waals surface area contributed by atoms with Crippen LogP contribution in [0.4, 0.5) is 8.78 Å². The minimum atomic E-state index is -0.861. The summed E-state index contributed by atoms with van der Waals surface area (Å²) in [6, 6.07) is 2.22. The van der Waals surface area contributed by atoms with Gasteiger partial charge in [0.15, 0.2) is 0 Å². The summed E-state index contributed by atoms with van der Waals surface area (Å²) in [6.07, 6.45) is 0.785. The van der Waals surface area contributed by atoms with Gasteiger partial charge in [-0.2, -0.15) is 0 Å². The van der Waals surface area contributed by atoms with Gasteiger partial charge in [-0.3, -0.25) is 5.32 Å². The molecule has 0 bridgehead atoms. The van der Waals surface area contributed by atoms with Gasteiger partial charge in [-0.15, -0.1) is 0 Å². The Hall–Kier alpha value is -1.49. The van der Waals surface area contributed by atoms with Gasteiger partial charge in [0.2, 0.25) is 0 Å². The standard InChI is InChI=1S/C14H19F2NO2/c1-4-9(3)17-13(14(18)19-5-2)10-6-11(15)8-12(16)7-10/h6-9,13,17H,4-5H2,1-3H3. The molecule has 5 heteroatoms. The van der Waals surface area contributed by atoms with Crippen molar-refractivity contribution in [1.29, 1.82) is 0 Å². The normalized spacial score (nSPS) is 13.9. The highest BCUT2D eigenvalue weighted by atomic mass is 19.1. The SMILES string of the molecule is CCOC(=O)C(NC(C)CC)c1cc(F)cc(F)c1. The Morgan fingerprint density at radius 1 is 1.26 bits per heavy atom. The van der Waals surface area contributed by atoms with Crippen molar-refractivity contribution in [3.05, 3.63) is 35.4 Å². The summed E-state index contributed by atoms with van der Waals surface area (Å²) in [5.41, 5.74) is 0.233. The molecule has 0 saturated heterocycles. The average Bonchev–Trinajstić information content (AvgIpc) is 2.34. The van der Waals surface area contributed by atoms with Crippen LogP contribution >= 0.6 is 0 Å². The Labute approximate surface area is 112 Å². The van der Waals surface area contributed by atoms with E-state index in [1.54, 1.807) is 6.92 Å². The molecule has 2 unspecified atom stereocenters. The molecule has 0 aromatic heterocycles. The van der Waals surface area contributed by atoms with Crippen LogP contribution < -0.4 is 5.32 Å². The predicted molar refractivity (Wildman–Crippen MR) is 68.6 cm³/mol. The van der Waals surface area contributed by atoms with E-state index in [0.29, 0.717) is 0 Å². The molecule has 0 aliphatic carbocycles. The number of benzene rings is 1. The minimum Gasteiger partial charge on any atom is -0.465 e. The Balaban J connectivity index is 3.03. The van der Waals surface area contributed by atoms with Crippen molar-refractivity contribution in [1.82, 2.24) is 5.32 Å². The molecule has 0 aliphatic rings.